The number of carbonyl (C=O) groups is 2. The maximum absolute atomic E-state index is 12.0. The normalized spacial score (nSPS) is 18.5. The van der Waals surface area contributed by atoms with Crippen molar-refractivity contribution in [2.75, 3.05) is 11.4 Å². The SMILES string of the molecule is CC(C)(C)OC(=O)NC1CN(c2ccc(Br)cc2)C1=O. The number of alkyl carbamates (subject to hydrolysis) is 1. The average Bonchev–Trinajstić information content (AvgIpc) is 2.33. The molecule has 5 nitrogen and oxygen atoms in total. The highest BCUT2D eigenvalue weighted by Gasteiger charge is 2.39. The Balaban J connectivity index is 1.89. The summed E-state index contributed by atoms with van der Waals surface area (Å²) in [5.74, 6) is -0.127. The Kier molecular flexibility index (Phi) is 4.04. The summed E-state index contributed by atoms with van der Waals surface area (Å²) in [6.07, 6.45) is -0.564. The van der Waals surface area contributed by atoms with Crippen molar-refractivity contribution < 1.29 is 14.3 Å². The molecule has 20 heavy (non-hydrogen) atoms. The summed E-state index contributed by atoms with van der Waals surface area (Å²) in [5, 5.41) is 2.57. The van der Waals surface area contributed by atoms with Crippen LogP contribution in [0.2, 0.25) is 0 Å². The molecular formula is C14H17BrN2O3. The molecule has 1 aliphatic heterocycles. The lowest BCUT2D eigenvalue weighted by Crippen LogP contribution is -2.64. The van der Waals surface area contributed by atoms with E-state index in [0.29, 0.717) is 6.54 Å². The van der Waals surface area contributed by atoms with E-state index in [1.165, 1.54) is 0 Å². The van der Waals surface area contributed by atoms with E-state index in [9.17, 15) is 9.59 Å². The molecule has 6 heteroatoms. The standard InChI is InChI=1S/C14H17BrN2O3/c1-14(2,3)20-13(19)16-11-8-17(12(11)18)10-6-4-9(15)5-7-10/h4-7,11H,8H2,1-3H3,(H,16,19). The van der Waals surface area contributed by atoms with Gasteiger partial charge in [0.05, 0.1) is 6.54 Å². The van der Waals surface area contributed by atoms with E-state index in [1.54, 1.807) is 25.7 Å². The number of nitrogens with zero attached hydrogens (tertiary/aromatic N) is 1. The number of halogens is 1. The van der Waals surface area contributed by atoms with Crippen molar-refractivity contribution in [3.05, 3.63) is 28.7 Å². The van der Waals surface area contributed by atoms with Gasteiger partial charge in [0.1, 0.15) is 11.6 Å². The summed E-state index contributed by atoms with van der Waals surface area (Å²) in [4.78, 5) is 25.2. The zero-order valence-corrected chi connectivity index (χ0v) is 13.2. The molecule has 2 amide bonds. The second-order valence-corrected chi connectivity index (χ2v) is 6.54. The lowest BCUT2D eigenvalue weighted by Gasteiger charge is -2.38. The molecule has 0 radical (unpaired) electrons. The van der Waals surface area contributed by atoms with E-state index in [0.717, 1.165) is 10.2 Å². The molecule has 1 aromatic carbocycles. The molecule has 0 aliphatic carbocycles. The van der Waals surface area contributed by atoms with Crippen molar-refractivity contribution in [3.63, 3.8) is 0 Å². The summed E-state index contributed by atoms with van der Waals surface area (Å²) in [6, 6.07) is 6.94. The van der Waals surface area contributed by atoms with Crippen LogP contribution in [-0.2, 0) is 9.53 Å². The molecule has 1 aromatic rings. The molecule has 2 rings (SSSR count). The quantitative estimate of drug-likeness (QED) is 0.842. The van der Waals surface area contributed by atoms with Crippen LogP contribution in [-0.4, -0.2) is 30.2 Å². The van der Waals surface area contributed by atoms with Gasteiger partial charge in [0.15, 0.2) is 0 Å². The third kappa shape index (κ3) is 3.50. The maximum Gasteiger partial charge on any atom is 0.408 e. The zero-order valence-electron chi connectivity index (χ0n) is 11.6. The van der Waals surface area contributed by atoms with Crippen molar-refractivity contribution in [2.24, 2.45) is 0 Å². The Morgan fingerprint density at radius 3 is 2.45 bits per heavy atom. The van der Waals surface area contributed by atoms with Crippen LogP contribution in [0.25, 0.3) is 0 Å². The first kappa shape index (κ1) is 14.8. The summed E-state index contributed by atoms with van der Waals surface area (Å²) in [5.41, 5.74) is 0.253. The first-order valence-electron chi connectivity index (χ1n) is 6.33. The number of anilines is 1. The van der Waals surface area contributed by atoms with E-state index in [-0.39, 0.29) is 5.91 Å². The summed E-state index contributed by atoms with van der Waals surface area (Å²) in [6.45, 7) is 5.80. The number of ether oxygens (including phenoxy) is 1. The van der Waals surface area contributed by atoms with Gasteiger partial charge in [-0.15, -0.1) is 0 Å². The van der Waals surface area contributed by atoms with Gasteiger partial charge in [-0.2, -0.15) is 0 Å². The number of rotatable bonds is 2. The molecule has 1 aliphatic rings. The third-order valence-corrected chi connectivity index (χ3v) is 3.29. The lowest BCUT2D eigenvalue weighted by molar-refractivity contribution is -0.124. The van der Waals surface area contributed by atoms with Gasteiger partial charge >= 0.3 is 6.09 Å². The number of carbonyl (C=O) groups excluding carboxylic acids is 2. The zero-order chi connectivity index (χ0) is 14.9. The third-order valence-electron chi connectivity index (χ3n) is 2.76. The van der Waals surface area contributed by atoms with Crippen molar-refractivity contribution in [1.82, 2.24) is 5.32 Å². The fraction of sp³-hybridized carbons (Fsp3) is 0.429. The van der Waals surface area contributed by atoms with Gasteiger partial charge in [-0.3, -0.25) is 4.79 Å². The number of benzene rings is 1. The van der Waals surface area contributed by atoms with Crippen molar-refractivity contribution >= 4 is 33.6 Å². The van der Waals surface area contributed by atoms with Gasteiger partial charge in [-0.1, -0.05) is 15.9 Å². The van der Waals surface area contributed by atoms with Crippen LogP contribution >= 0.6 is 15.9 Å². The molecule has 1 saturated heterocycles. The van der Waals surface area contributed by atoms with Crippen LogP contribution in [0.5, 0.6) is 0 Å². The van der Waals surface area contributed by atoms with Crippen molar-refractivity contribution in [2.45, 2.75) is 32.4 Å². The van der Waals surface area contributed by atoms with Crippen molar-refractivity contribution in [3.8, 4) is 0 Å². The number of amides is 2. The monoisotopic (exact) mass is 340 g/mol. The molecule has 0 bridgehead atoms. The lowest BCUT2D eigenvalue weighted by atomic mass is 10.1. The van der Waals surface area contributed by atoms with Gasteiger partial charge in [0.25, 0.3) is 5.91 Å². The van der Waals surface area contributed by atoms with Gasteiger partial charge in [-0.25, -0.2) is 4.79 Å². The Morgan fingerprint density at radius 1 is 1.35 bits per heavy atom. The number of hydrogen-bond donors (Lipinski definition) is 1. The van der Waals surface area contributed by atoms with E-state index in [1.807, 2.05) is 24.3 Å². The van der Waals surface area contributed by atoms with E-state index in [2.05, 4.69) is 21.2 Å². The van der Waals surface area contributed by atoms with Crippen LogP contribution in [0, 0.1) is 0 Å². The first-order valence-corrected chi connectivity index (χ1v) is 7.12. The highest BCUT2D eigenvalue weighted by atomic mass is 79.9. The molecule has 1 atom stereocenters. The minimum Gasteiger partial charge on any atom is -0.444 e. The molecule has 1 fully saturated rings. The van der Waals surface area contributed by atoms with E-state index < -0.39 is 17.7 Å². The Morgan fingerprint density at radius 2 is 1.95 bits per heavy atom. The largest absolute Gasteiger partial charge is 0.444 e. The maximum atomic E-state index is 12.0. The predicted molar refractivity (Wildman–Crippen MR) is 79.7 cm³/mol. The predicted octanol–water partition coefficient (Wildman–Crippen LogP) is 2.69. The topological polar surface area (TPSA) is 58.6 Å². The van der Waals surface area contributed by atoms with Crippen LogP contribution in [0.15, 0.2) is 28.7 Å². The molecule has 108 valence electrons. The average molecular weight is 341 g/mol. The van der Waals surface area contributed by atoms with Gasteiger partial charge < -0.3 is 15.0 Å². The number of hydrogen-bond acceptors (Lipinski definition) is 3. The minimum absolute atomic E-state index is 0.127. The molecule has 0 aromatic heterocycles. The summed E-state index contributed by atoms with van der Waals surface area (Å²) in [7, 11) is 0. The van der Waals surface area contributed by atoms with Crippen LogP contribution in [0.1, 0.15) is 20.8 Å². The Labute approximate surface area is 126 Å². The molecule has 0 saturated carbocycles. The second kappa shape index (κ2) is 5.44. The number of β-lactam (4-membered cyclic amide) rings is 1. The van der Waals surface area contributed by atoms with Crippen molar-refractivity contribution in [1.29, 1.82) is 0 Å². The van der Waals surface area contributed by atoms with Gasteiger partial charge in [0, 0.05) is 10.2 Å². The molecule has 1 unspecified atom stereocenters. The summed E-state index contributed by atoms with van der Waals surface area (Å²) < 4.78 is 6.08. The number of nitrogens with one attached hydrogen (secondary N) is 1. The Bertz CT molecular complexity index is 522. The van der Waals surface area contributed by atoms with Crippen LogP contribution < -0.4 is 10.2 Å². The molecule has 0 spiro atoms. The Hall–Kier alpha value is -1.56. The summed E-state index contributed by atoms with van der Waals surface area (Å²) >= 11 is 3.35. The van der Waals surface area contributed by atoms with Crippen LogP contribution in [0.3, 0.4) is 0 Å². The fourth-order valence-corrected chi connectivity index (χ4v) is 2.10. The van der Waals surface area contributed by atoms with E-state index >= 15 is 0 Å². The van der Waals surface area contributed by atoms with Crippen LogP contribution in [0.4, 0.5) is 10.5 Å². The minimum atomic E-state index is -0.567. The fourth-order valence-electron chi connectivity index (χ4n) is 1.84. The first-order chi connectivity index (χ1) is 9.26. The molecular weight excluding hydrogens is 324 g/mol. The smallest absolute Gasteiger partial charge is 0.408 e. The molecule has 1 N–H and O–H groups in total. The van der Waals surface area contributed by atoms with Gasteiger partial charge in [0.2, 0.25) is 0 Å². The van der Waals surface area contributed by atoms with Gasteiger partial charge in [-0.05, 0) is 45.0 Å². The van der Waals surface area contributed by atoms with E-state index in [4.69, 9.17) is 4.74 Å². The molecule has 1 heterocycles. The second-order valence-electron chi connectivity index (χ2n) is 5.62. The highest BCUT2D eigenvalue weighted by molar-refractivity contribution is 9.10. The highest BCUT2D eigenvalue weighted by Crippen LogP contribution is 2.24.